The first-order chi connectivity index (χ1) is 6.09. The zero-order valence-electron chi connectivity index (χ0n) is 7.57. The Hall–Kier alpha value is -1.39. The summed E-state index contributed by atoms with van der Waals surface area (Å²) in [5.74, 6) is -0.211. The topological polar surface area (TPSA) is 68.0 Å². The van der Waals surface area contributed by atoms with Gasteiger partial charge in [0.1, 0.15) is 6.20 Å². The minimum atomic E-state index is -0.211. The summed E-state index contributed by atoms with van der Waals surface area (Å²) in [5, 5.41) is 9.65. The molecule has 0 aromatic carbocycles. The first-order valence-electron chi connectivity index (χ1n) is 4.18. The molecular formula is C8H11N3O2. The Balaban J connectivity index is 1.94. The van der Waals surface area contributed by atoms with E-state index < -0.39 is 0 Å². The van der Waals surface area contributed by atoms with Crippen LogP contribution in [0.1, 0.15) is 30.8 Å². The van der Waals surface area contributed by atoms with E-state index in [1.54, 1.807) is 0 Å². The summed E-state index contributed by atoms with van der Waals surface area (Å²) in [4.78, 5) is 11.4. The molecule has 0 saturated heterocycles. The molecule has 1 atom stereocenters. The van der Waals surface area contributed by atoms with Crippen LogP contribution < -0.4 is 5.32 Å². The van der Waals surface area contributed by atoms with Gasteiger partial charge in [-0.2, -0.15) is 0 Å². The highest BCUT2D eigenvalue weighted by atomic mass is 16.6. The lowest BCUT2D eigenvalue weighted by Crippen LogP contribution is -2.28. The fourth-order valence-electron chi connectivity index (χ4n) is 1.21. The molecule has 13 heavy (non-hydrogen) atoms. The molecule has 0 bridgehead atoms. The number of carbonyl (C=O) groups is 1. The van der Waals surface area contributed by atoms with Crippen LogP contribution in [0, 0.1) is 5.41 Å². The van der Waals surface area contributed by atoms with E-state index in [0.29, 0.717) is 0 Å². The second-order valence-corrected chi connectivity index (χ2v) is 4.01. The highest BCUT2D eigenvalue weighted by molar-refractivity contribution is 5.92. The van der Waals surface area contributed by atoms with E-state index in [1.165, 1.54) is 6.20 Å². The lowest BCUT2D eigenvalue weighted by molar-refractivity contribution is 0.0936. The number of rotatable bonds is 2. The molecule has 1 aromatic rings. The van der Waals surface area contributed by atoms with E-state index in [9.17, 15) is 4.79 Å². The molecule has 0 spiro atoms. The van der Waals surface area contributed by atoms with Crippen LogP contribution in [0.5, 0.6) is 0 Å². The van der Waals surface area contributed by atoms with Crippen molar-refractivity contribution in [3.8, 4) is 0 Å². The Morgan fingerprint density at radius 2 is 2.46 bits per heavy atom. The van der Waals surface area contributed by atoms with Crippen molar-refractivity contribution in [3.63, 3.8) is 0 Å². The number of hydrogen-bond acceptors (Lipinski definition) is 4. The van der Waals surface area contributed by atoms with Crippen molar-refractivity contribution in [2.24, 2.45) is 5.41 Å². The van der Waals surface area contributed by atoms with E-state index in [4.69, 9.17) is 0 Å². The van der Waals surface area contributed by atoms with Crippen LogP contribution in [-0.2, 0) is 0 Å². The molecule has 1 fully saturated rings. The highest BCUT2D eigenvalue weighted by Crippen LogP contribution is 2.44. The van der Waals surface area contributed by atoms with Crippen LogP contribution in [-0.4, -0.2) is 22.3 Å². The summed E-state index contributed by atoms with van der Waals surface area (Å²) in [5.41, 5.74) is 0.468. The van der Waals surface area contributed by atoms with Gasteiger partial charge in [0.15, 0.2) is 5.69 Å². The Labute approximate surface area is 75.5 Å². The van der Waals surface area contributed by atoms with Gasteiger partial charge in [-0.3, -0.25) is 4.79 Å². The van der Waals surface area contributed by atoms with Crippen LogP contribution in [0.2, 0.25) is 0 Å². The van der Waals surface area contributed by atoms with Crippen molar-refractivity contribution >= 4 is 5.91 Å². The number of nitrogens with one attached hydrogen (secondary N) is 1. The van der Waals surface area contributed by atoms with Gasteiger partial charge in [-0.15, -0.1) is 0 Å². The molecule has 1 aliphatic rings. The molecule has 2 rings (SSSR count). The molecule has 1 amide bonds. The average Bonchev–Trinajstić information content (AvgIpc) is 2.58. The van der Waals surface area contributed by atoms with Crippen molar-refractivity contribution in [1.29, 1.82) is 0 Å². The number of aromatic nitrogens is 2. The number of carbonyl (C=O) groups excluding carboxylic acids is 1. The number of hydrogen-bond donors (Lipinski definition) is 1. The zero-order valence-corrected chi connectivity index (χ0v) is 7.57. The highest BCUT2D eigenvalue weighted by Gasteiger charge is 2.46. The molecule has 0 radical (unpaired) electrons. The number of nitrogens with zero attached hydrogens (tertiary/aromatic N) is 2. The van der Waals surface area contributed by atoms with Gasteiger partial charge in [0.05, 0.1) is 0 Å². The molecule has 1 heterocycles. The molecule has 70 valence electrons. The summed E-state index contributed by atoms with van der Waals surface area (Å²) in [7, 11) is 0. The SMILES string of the molecule is CC1(C)CC1NC(=O)c1cnon1. The van der Waals surface area contributed by atoms with Gasteiger partial charge >= 0.3 is 0 Å². The summed E-state index contributed by atoms with van der Waals surface area (Å²) in [6, 6.07) is 0.261. The standard InChI is InChI=1S/C8H11N3O2/c1-8(2)3-6(8)10-7(12)5-4-9-13-11-5/h4,6H,3H2,1-2H3,(H,10,12). The molecule has 1 N–H and O–H groups in total. The van der Waals surface area contributed by atoms with Crippen molar-refractivity contribution in [2.75, 3.05) is 0 Å². The van der Waals surface area contributed by atoms with E-state index in [1.807, 2.05) is 0 Å². The molecular weight excluding hydrogens is 170 g/mol. The van der Waals surface area contributed by atoms with Gasteiger partial charge in [0.2, 0.25) is 0 Å². The van der Waals surface area contributed by atoms with Gasteiger partial charge in [0.25, 0.3) is 5.91 Å². The Morgan fingerprint density at radius 1 is 1.77 bits per heavy atom. The van der Waals surface area contributed by atoms with E-state index in [-0.39, 0.29) is 23.1 Å². The second-order valence-electron chi connectivity index (χ2n) is 4.01. The van der Waals surface area contributed by atoms with Crippen LogP contribution in [0.3, 0.4) is 0 Å². The second kappa shape index (κ2) is 2.55. The minimum absolute atomic E-state index is 0.211. The maximum absolute atomic E-state index is 11.4. The third-order valence-corrected chi connectivity index (χ3v) is 2.41. The average molecular weight is 181 g/mol. The maximum atomic E-state index is 11.4. The number of amides is 1. The fraction of sp³-hybridized carbons (Fsp3) is 0.625. The lowest BCUT2D eigenvalue weighted by Gasteiger charge is -2.03. The molecule has 0 aliphatic heterocycles. The largest absolute Gasteiger partial charge is 0.347 e. The van der Waals surface area contributed by atoms with Gasteiger partial charge in [0, 0.05) is 6.04 Å². The van der Waals surface area contributed by atoms with Crippen molar-refractivity contribution in [3.05, 3.63) is 11.9 Å². The molecule has 5 heteroatoms. The summed E-state index contributed by atoms with van der Waals surface area (Å²) in [6.07, 6.45) is 2.33. The van der Waals surface area contributed by atoms with E-state index in [0.717, 1.165) is 6.42 Å². The quantitative estimate of drug-likeness (QED) is 0.725. The summed E-state index contributed by atoms with van der Waals surface area (Å²) < 4.78 is 4.33. The first-order valence-corrected chi connectivity index (χ1v) is 4.18. The van der Waals surface area contributed by atoms with Gasteiger partial charge in [-0.05, 0) is 17.0 Å². The van der Waals surface area contributed by atoms with Crippen molar-refractivity contribution < 1.29 is 9.42 Å². The van der Waals surface area contributed by atoms with Crippen molar-refractivity contribution in [2.45, 2.75) is 26.3 Å². The van der Waals surface area contributed by atoms with E-state index >= 15 is 0 Å². The van der Waals surface area contributed by atoms with Crippen molar-refractivity contribution in [1.82, 2.24) is 15.6 Å². The molecule has 5 nitrogen and oxygen atoms in total. The molecule has 1 saturated carbocycles. The lowest BCUT2D eigenvalue weighted by atomic mass is 10.2. The molecule has 1 unspecified atom stereocenters. The Bertz CT molecular complexity index is 318. The monoisotopic (exact) mass is 181 g/mol. The van der Waals surface area contributed by atoms with Gasteiger partial charge in [-0.1, -0.05) is 19.0 Å². The van der Waals surface area contributed by atoms with Crippen LogP contribution >= 0.6 is 0 Å². The van der Waals surface area contributed by atoms with Gasteiger partial charge in [-0.25, -0.2) is 4.63 Å². The fourth-order valence-corrected chi connectivity index (χ4v) is 1.21. The van der Waals surface area contributed by atoms with Crippen LogP contribution in [0.25, 0.3) is 0 Å². The molecule has 1 aromatic heterocycles. The third kappa shape index (κ3) is 1.54. The Morgan fingerprint density at radius 3 is 2.92 bits per heavy atom. The van der Waals surface area contributed by atoms with Crippen LogP contribution in [0.4, 0.5) is 0 Å². The smallest absolute Gasteiger partial charge is 0.275 e. The minimum Gasteiger partial charge on any atom is -0.347 e. The Kier molecular flexibility index (Phi) is 1.61. The predicted octanol–water partition coefficient (Wildman–Crippen LogP) is 0.598. The normalized spacial score (nSPS) is 24.0. The maximum Gasteiger partial charge on any atom is 0.275 e. The first kappa shape index (κ1) is 8.22. The van der Waals surface area contributed by atoms with Gasteiger partial charge < -0.3 is 5.32 Å². The summed E-state index contributed by atoms with van der Waals surface area (Å²) >= 11 is 0. The predicted molar refractivity (Wildman–Crippen MR) is 44.0 cm³/mol. The third-order valence-electron chi connectivity index (χ3n) is 2.41. The zero-order chi connectivity index (χ0) is 9.47. The van der Waals surface area contributed by atoms with Crippen LogP contribution in [0.15, 0.2) is 10.8 Å². The molecule has 1 aliphatic carbocycles. The summed E-state index contributed by atoms with van der Waals surface area (Å²) in [6.45, 7) is 4.22. The van der Waals surface area contributed by atoms with E-state index in [2.05, 4.69) is 34.1 Å².